The largest absolute Gasteiger partial charge is 0.424 e. The van der Waals surface area contributed by atoms with E-state index in [9.17, 15) is 9.59 Å². The van der Waals surface area contributed by atoms with Crippen molar-refractivity contribution >= 4 is 22.7 Å². The third-order valence-electron chi connectivity index (χ3n) is 7.70. The fourth-order valence-corrected chi connectivity index (χ4v) is 5.58. The zero-order valence-electron chi connectivity index (χ0n) is 21.8. The highest BCUT2D eigenvalue weighted by Crippen LogP contribution is 2.34. The van der Waals surface area contributed by atoms with Crippen molar-refractivity contribution < 1.29 is 18.9 Å². The van der Waals surface area contributed by atoms with Crippen molar-refractivity contribution in [3.05, 3.63) is 89.6 Å². The van der Waals surface area contributed by atoms with Crippen LogP contribution in [0, 0.1) is 18.8 Å². The second kappa shape index (κ2) is 10.7. The van der Waals surface area contributed by atoms with Crippen molar-refractivity contribution in [2.24, 2.45) is 18.9 Å². The van der Waals surface area contributed by atoms with Crippen molar-refractivity contribution in [2.45, 2.75) is 39.5 Å². The molecule has 0 bridgehead atoms. The summed E-state index contributed by atoms with van der Waals surface area (Å²) in [5, 5.41) is 4.16. The molecular formula is C30H35N4O3+. The number of rotatable bonds is 9. The number of nitrogens with one attached hydrogen (secondary N) is 1. The Hall–Kier alpha value is -3.71. The maximum absolute atomic E-state index is 13.6. The number of imidazole rings is 1. The van der Waals surface area contributed by atoms with Gasteiger partial charge in [0, 0.05) is 42.7 Å². The van der Waals surface area contributed by atoms with Gasteiger partial charge in [-0.2, -0.15) is 4.57 Å². The molecule has 1 aliphatic rings. The summed E-state index contributed by atoms with van der Waals surface area (Å²) in [5.41, 5.74) is 4.25. The van der Waals surface area contributed by atoms with E-state index in [-0.39, 0.29) is 30.3 Å². The van der Waals surface area contributed by atoms with Crippen LogP contribution >= 0.6 is 0 Å². The quantitative estimate of drug-likeness (QED) is 0.282. The van der Waals surface area contributed by atoms with Gasteiger partial charge in [0.1, 0.15) is 18.9 Å². The Morgan fingerprint density at radius 1 is 1.16 bits per heavy atom. The van der Waals surface area contributed by atoms with Crippen molar-refractivity contribution in [3.63, 3.8) is 0 Å². The van der Waals surface area contributed by atoms with Crippen LogP contribution in [0.15, 0.2) is 67.0 Å². The van der Waals surface area contributed by atoms with Gasteiger partial charge in [-0.1, -0.05) is 48.5 Å². The Labute approximate surface area is 217 Å². The van der Waals surface area contributed by atoms with Crippen molar-refractivity contribution in [2.75, 3.05) is 13.6 Å². The number of nitrogens with zero attached hydrogens (tertiary/aromatic N) is 3. The van der Waals surface area contributed by atoms with Crippen LogP contribution in [0.4, 0.5) is 0 Å². The first-order chi connectivity index (χ1) is 18.0. The number of carbonyl (C=O) groups excluding carboxylic acids is 2. The van der Waals surface area contributed by atoms with Gasteiger partial charge >= 0.3 is 5.97 Å². The second-order valence-electron chi connectivity index (χ2n) is 10.0. The van der Waals surface area contributed by atoms with Crippen molar-refractivity contribution in [3.8, 4) is 0 Å². The maximum atomic E-state index is 13.6. The summed E-state index contributed by atoms with van der Waals surface area (Å²) in [4.78, 5) is 26.4. The molecule has 4 aromatic rings. The Bertz CT molecular complexity index is 1420. The van der Waals surface area contributed by atoms with Crippen LogP contribution in [0.1, 0.15) is 33.9 Å². The highest BCUT2D eigenvalue weighted by molar-refractivity contribution is 6.11. The van der Waals surface area contributed by atoms with E-state index in [1.807, 2.05) is 73.4 Å². The summed E-state index contributed by atoms with van der Waals surface area (Å²) in [6.45, 7) is 3.32. The Balaban J connectivity index is 1.25. The lowest BCUT2D eigenvalue weighted by Gasteiger charge is -2.21. The van der Waals surface area contributed by atoms with E-state index in [0.29, 0.717) is 19.5 Å². The van der Waals surface area contributed by atoms with Crippen LogP contribution in [0.5, 0.6) is 0 Å². The molecule has 7 heteroatoms. The lowest BCUT2D eigenvalue weighted by Crippen LogP contribution is -2.40. The Morgan fingerprint density at radius 3 is 2.70 bits per heavy atom. The topological polar surface area (TPSA) is 69.1 Å². The first-order valence-electron chi connectivity index (χ1n) is 13.0. The monoisotopic (exact) mass is 499 g/mol. The average molecular weight is 500 g/mol. The fourth-order valence-electron chi connectivity index (χ4n) is 5.58. The predicted octanol–water partition coefficient (Wildman–Crippen LogP) is 3.60. The lowest BCUT2D eigenvalue weighted by molar-refractivity contribution is -0.732. The molecule has 5 rings (SSSR count). The average Bonchev–Trinajstić information content (AvgIpc) is 3.41. The number of benzene rings is 2. The number of aryl methyl sites for hydroxylation is 1. The van der Waals surface area contributed by atoms with Crippen LogP contribution < -0.4 is 9.88 Å². The first kappa shape index (κ1) is 25.0. The van der Waals surface area contributed by atoms with Gasteiger partial charge < -0.3 is 14.6 Å². The molecule has 0 fully saturated rings. The van der Waals surface area contributed by atoms with Crippen molar-refractivity contribution in [1.29, 1.82) is 0 Å². The molecule has 2 heterocycles. The summed E-state index contributed by atoms with van der Waals surface area (Å²) in [6, 6.07) is 18.2. The molecule has 2 atom stereocenters. The molecule has 2 unspecified atom stereocenters. The smallest absolute Gasteiger partial charge is 0.313 e. The molecule has 0 saturated heterocycles. The molecular weight excluding hydrogens is 464 g/mol. The van der Waals surface area contributed by atoms with E-state index in [1.54, 1.807) is 0 Å². The fraction of sp³-hybridized carbons (Fsp3) is 0.367. The zero-order chi connectivity index (χ0) is 25.9. The van der Waals surface area contributed by atoms with Gasteiger partial charge in [-0.25, -0.2) is 4.57 Å². The van der Waals surface area contributed by atoms with Crippen molar-refractivity contribution in [1.82, 2.24) is 14.5 Å². The van der Waals surface area contributed by atoms with Crippen LogP contribution in [0.25, 0.3) is 10.9 Å². The minimum atomic E-state index is -0.259. The molecule has 0 saturated carbocycles. The van der Waals surface area contributed by atoms with Crippen LogP contribution in [-0.2, 0) is 42.7 Å². The zero-order valence-corrected chi connectivity index (χ0v) is 21.8. The van der Waals surface area contributed by atoms with Gasteiger partial charge in [0.25, 0.3) is 5.82 Å². The standard InChI is InChI=1S/C30H35N4O3/c1-21-33(19-23-13-14-27-28(29(23)35)25-11-7-8-12-26(25)32(27)3)15-16-34(21)20-37-30(36)24(18-31-2)17-22-9-5-4-6-10-22/h4-12,15-16,23-24,31H,13-14,17-20H2,1-3H3/q+1. The van der Waals surface area contributed by atoms with Gasteiger partial charge in [0.15, 0.2) is 5.78 Å². The SMILES string of the molecule is CNCC(Cc1ccccc1)C(=O)OC[n+]1ccn(CC2CCc3c(c4ccccc4n3C)C2=O)c1C. The molecule has 2 aromatic heterocycles. The van der Waals surface area contributed by atoms with E-state index in [1.165, 1.54) is 0 Å². The predicted molar refractivity (Wildman–Crippen MR) is 142 cm³/mol. The Kier molecular flexibility index (Phi) is 7.24. The van der Waals surface area contributed by atoms with E-state index < -0.39 is 0 Å². The number of hydrogen-bond acceptors (Lipinski definition) is 4. The molecule has 1 aliphatic carbocycles. The molecule has 0 amide bonds. The summed E-state index contributed by atoms with van der Waals surface area (Å²) in [5.74, 6) is 0.623. The first-order valence-corrected chi connectivity index (χ1v) is 13.0. The molecule has 192 valence electrons. The third-order valence-corrected chi connectivity index (χ3v) is 7.70. The number of fused-ring (bicyclic) bond motifs is 3. The minimum Gasteiger partial charge on any atom is -0.424 e. The minimum absolute atomic E-state index is 0.0775. The number of para-hydroxylation sites is 1. The van der Waals surface area contributed by atoms with Gasteiger partial charge in [0.05, 0.1) is 11.8 Å². The number of aromatic nitrogens is 3. The molecule has 1 N–H and O–H groups in total. The van der Waals surface area contributed by atoms with E-state index in [2.05, 4.69) is 33.6 Å². The summed E-state index contributed by atoms with van der Waals surface area (Å²) >= 11 is 0. The van der Waals surface area contributed by atoms with Gasteiger partial charge in [-0.3, -0.25) is 9.59 Å². The normalized spacial score (nSPS) is 16.1. The number of ether oxygens (including phenoxy) is 1. The molecule has 0 aliphatic heterocycles. The summed E-state index contributed by atoms with van der Waals surface area (Å²) in [6.07, 6.45) is 6.25. The number of Topliss-reactive ketones (excluding diaryl/α,β-unsaturated/α-hetero) is 1. The number of hydrogen-bond donors (Lipinski definition) is 1. The van der Waals surface area contributed by atoms with Gasteiger partial charge in [-0.05, 0) is 37.9 Å². The molecule has 0 radical (unpaired) electrons. The van der Waals surface area contributed by atoms with Crippen LogP contribution in [0.2, 0.25) is 0 Å². The summed E-state index contributed by atoms with van der Waals surface area (Å²) < 4.78 is 11.9. The second-order valence-corrected chi connectivity index (χ2v) is 10.0. The van der Waals surface area contributed by atoms with E-state index in [0.717, 1.165) is 46.4 Å². The number of ketones is 1. The number of carbonyl (C=O) groups is 2. The Morgan fingerprint density at radius 2 is 1.92 bits per heavy atom. The molecule has 2 aromatic carbocycles. The number of esters is 1. The highest BCUT2D eigenvalue weighted by atomic mass is 16.5. The van der Waals surface area contributed by atoms with Gasteiger partial charge in [-0.15, -0.1) is 0 Å². The van der Waals surface area contributed by atoms with E-state index in [4.69, 9.17) is 4.74 Å². The van der Waals surface area contributed by atoms with Crippen LogP contribution in [0.3, 0.4) is 0 Å². The van der Waals surface area contributed by atoms with Gasteiger partial charge in [0.2, 0.25) is 6.73 Å². The molecule has 37 heavy (non-hydrogen) atoms. The van der Waals surface area contributed by atoms with Crippen LogP contribution in [-0.4, -0.2) is 34.5 Å². The summed E-state index contributed by atoms with van der Waals surface area (Å²) in [7, 11) is 3.90. The maximum Gasteiger partial charge on any atom is 0.313 e. The third kappa shape index (κ3) is 4.96. The highest BCUT2D eigenvalue weighted by Gasteiger charge is 2.34. The molecule has 0 spiro atoms. The van der Waals surface area contributed by atoms with E-state index >= 15 is 0 Å². The molecule has 7 nitrogen and oxygen atoms in total. The lowest BCUT2D eigenvalue weighted by atomic mass is 9.85.